The van der Waals surface area contributed by atoms with E-state index in [0.717, 1.165) is 5.56 Å². The Morgan fingerprint density at radius 1 is 1.25 bits per heavy atom. The average Bonchev–Trinajstić information content (AvgIpc) is 1.86. The molecule has 1 aromatic rings. The number of rotatable bonds is 1. The van der Waals surface area contributed by atoms with Crippen LogP contribution in [0, 0.1) is 0 Å². The fourth-order valence-electron chi connectivity index (χ4n) is 1.02. The molecule has 0 saturated heterocycles. The third kappa shape index (κ3) is 2.40. The topological polar surface area (TPSA) is 46.2 Å². The predicted molar refractivity (Wildman–Crippen MR) is 52.6 cm³/mol. The summed E-state index contributed by atoms with van der Waals surface area (Å²) in [5.41, 5.74) is 6.11. The molecule has 0 aromatic heterocycles. The molecule has 1 aromatic carbocycles. The lowest BCUT2D eigenvalue weighted by atomic mass is 9.95. The quantitative estimate of drug-likeness (QED) is 0.707. The molecule has 0 radical (unpaired) electrons. The van der Waals surface area contributed by atoms with Crippen LogP contribution in [-0.4, -0.2) is 5.11 Å². The monoisotopic (exact) mass is 187 g/mol. The van der Waals surface area contributed by atoms with E-state index in [1.54, 1.807) is 12.1 Å². The lowest BCUT2D eigenvalue weighted by Gasteiger charge is -2.19. The SMILES string of the molecule is CC(C)(N)c1ccccc1O.Cl. The fraction of sp³-hybridized carbons (Fsp3) is 0.333. The van der Waals surface area contributed by atoms with Gasteiger partial charge in [0.15, 0.2) is 0 Å². The summed E-state index contributed by atoms with van der Waals surface area (Å²) in [4.78, 5) is 0. The molecule has 0 unspecified atom stereocenters. The second kappa shape index (κ2) is 3.78. The maximum Gasteiger partial charge on any atom is 0.120 e. The van der Waals surface area contributed by atoms with Crippen LogP contribution in [0.2, 0.25) is 0 Å². The van der Waals surface area contributed by atoms with Crippen molar-refractivity contribution < 1.29 is 5.11 Å². The summed E-state index contributed by atoms with van der Waals surface area (Å²) >= 11 is 0. The molecular weight excluding hydrogens is 174 g/mol. The van der Waals surface area contributed by atoms with Crippen molar-refractivity contribution in [2.75, 3.05) is 0 Å². The minimum Gasteiger partial charge on any atom is -0.508 e. The van der Waals surface area contributed by atoms with E-state index in [2.05, 4.69) is 0 Å². The van der Waals surface area contributed by atoms with Crippen molar-refractivity contribution in [1.82, 2.24) is 0 Å². The second-order valence-electron chi connectivity index (χ2n) is 3.24. The number of hydrogen-bond acceptors (Lipinski definition) is 2. The largest absolute Gasteiger partial charge is 0.508 e. The maximum atomic E-state index is 9.37. The number of hydrogen-bond donors (Lipinski definition) is 2. The Hall–Kier alpha value is -0.730. The van der Waals surface area contributed by atoms with E-state index >= 15 is 0 Å². The summed E-state index contributed by atoms with van der Waals surface area (Å²) in [6.45, 7) is 3.73. The van der Waals surface area contributed by atoms with Crippen molar-refractivity contribution in [2.24, 2.45) is 5.73 Å². The van der Waals surface area contributed by atoms with E-state index < -0.39 is 5.54 Å². The highest BCUT2D eigenvalue weighted by molar-refractivity contribution is 5.85. The number of halogens is 1. The van der Waals surface area contributed by atoms with Crippen LogP contribution in [0.5, 0.6) is 5.75 Å². The highest BCUT2D eigenvalue weighted by Gasteiger charge is 2.16. The lowest BCUT2D eigenvalue weighted by Crippen LogP contribution is -2.28. The first-order chi connectivity index (χ1) is 5.02. The first kappa shape index (κ1) is 11.3. The van der Waals surface area contributed by atoms with Gasteiger partial charge in [0.1, 0.15) is 5.75 Å². The van der Waals surface area contributed by atoms with Gasteiger partial charge in [-0.15, -0.1) is 12.4 Å². The maximum absolute atomic E-state index is 9.37. The molecule has 0 fully saturated rings. The number of phenols is 1. The van der Waals surface area contributed by atoms with E-state index in [4.69, 9.17) is 5.73 Å². The highest BCUT2D eigenvalue weighted by atomic mass is 35.5. The summed E-state index contributed by atoms with van der Waals surface area (Å²) in [5.74, 6) is 0.264. The molecule has 0 bridgehead atoms. The normalized spacial score (nSPS) is 10.6. The van der Waals surface area contributed by atoms with Gasteiger partial charge in [0.05, 0.1) is 0 Å². The van der Waals surface area contributed by atoms with Gasteiger partial charge in [-0.3, -0.25) is 0 Å². The van der Waals surface area contributed by atoms with Crippen LogP contribution in [0.3, 0.4) is 0 Å². The Balaban J connectivity index is 0.00000121. The Morgan fingerprint density at radius 3 is 2.08 bits per heavy atom. The minimum atomic E-state index is -0.467. The van der Waals surface area contributed by atoms with Crippen LogP contribution in [0.1, 0.15) is 19.4 Å². The van der Waals surface area contributed by atoms with Crippen LogP contribution in [0.15, 0.2) is 24.3 Å². The summed E-state index contributed by atoms with van der Waals surface area (Å²) in [6, 6.07) is 7.12. The third-order valence-corrected chi connectivity index (χ3v) is 1.60. The number of nitrogens with two attached hydrogens (primary N) is 1. The van der Waals surface area contributed by atoms with Crippen molar-refractivity contribution >= 4 is 12.4 Å². The first-order valence-corrected chi connectivity index (χ1v) is 3.59. The molecule has 0 heterocycles. The molecular formula is C9H14ClNO. The molecule has 0 aliphatic carbocycles. The van der Waals surface area contributed by atoms with Gasteiger partial charge in [0, 0.05) is 11.1 Å². The van der Waals surface area contributed by atoms with Gasteiger partial charge in [-0.1, -0.05) is 18.2 Å². The van der Waals surface area contributed by atoms with Gasteiger partial charge >= 0.3 is 0 Å². The van der Waals surface area contributed by atoms with Crippen LogP contribution < -0.4 is 5.73 Å². The van der Waals surface area contributed by atoms with Gasteiger partial charge in [-0.25, -0.2) is 0 Å². The summed E-state index contributed by atoms with van der Waals surface area (Å²) in [6.07, 6.45) is 0. The van der Waals surface area contributed by atoms with Gasteiger partial charge in [0.25, 0.3) is 0 Å². The van der Waals surface area contributed by atoms with Gasteiger partial charge in [-0.2, -0.15) is 0 Å². The first-order valence-electron chi connectivity index (χ1n) is 3.59. The predicted octanol–water partition coefficient (Wildman–Crippen LogP) is 2.01. The summed E-state index contributed by atoms with van der Waals surface area (Å²) in [5, 5.41) is 9.37. The smallest absolute Gasteiger partial charge is 0.120 e. The van der Waals surface area contributed by atoms with E-state index in [0.29, 0.717) is 0 Å². The molecule has 0 atom stereocenters. The standard InChI is InChI=1S/C9H13NO.ClH/c1-9(2,10)7-5-3-4-6-8(7)11;/h3-6,11H,10H2,1-2H3;1H. The molecule has 0 saturated carbocycles. The molecule has 3 N–H and O–H groups in total. The molecule has 3 heteroatoms. The number of phenolic OH excluding ortho intramolecular Hbond substituents is 1. The number of para-hydroxylation sites is 1. The molecule has 68 valence electrons. The third-order valence-electron chi connectivity index (χ3n) is 1.60. The number of aromatic hydroxyl groups is 1. The molecule has 12 heavy (non-hydrogen) atoms. The van der Waals surface area contributed by atoms with Crippen molar-refractivity contribution in [3.05, 3.63) is 29.8 Å². The molecule has 2 nitrogen and oxygen atoms in total. The molecule has 0 spiro atoms. The Kier molecular flexibility index (Phi) is 3.55. The van der Waals surface area contributed by atoms with Crippen molar-refractivity contribution in [2.45, 2.75) is 19.4 Å². The van der Waals surface area contributed by atoms with Crippen molar-refractivity contribution in [1.29, 1.82) is 0 Å². The second-order valence-corrected chi connectivity index (χ2v) is 3.24. The van der Waals surface area contributed by atoms with E-state index in [-0.39, 0.29) is 18.2 Å². The van der Waals surface area contributed by atoms with Crippen LogP contribution >= 0.6 is 12.4 Å². The zero-order chi connectivity index (χ0) is 8.48. The Bertz CT molecular complexity index is 255. The van der Waals surface area contributed by atoms with Crippen LogP contribution in [0.25, 0.3) is 0 Å². The molecule has 0 aliphatic rings. The summed E-state index contributed by atoms with van der Waals surface area (Å²) in [7, 11) is 0. The van der Waals surface area contributed by atoms with Crippen LogP contribution in [0.4, 0.5) is 0 Å². The highest BCUT2D eigenvalue weighted by Crippen LogP contribution is 2.25. The average molecular weight is 188 g/mol. The Morgan fingerprint density at radius 2 is 1.75 bits per heavy atom. The van der Waals surface area contributed by atoms with E-state index in [9.17, 15) is 5.11 Å². The zero-order valence-electron chi connectivity index (χ0n) is 7.24. The fourth-order valence-corrected chi connectivity index (χ4v) is 1.02. The van der Waals surface area contributed by atoms with E-state index in [1.165, 1.54) is 0 Å². The molecule has 0 amide bonds. The molecule has 0 aliphatic heterocycles. The number of benzene rings is 1. The van der Waals surface area contributed by atoms with E-state index in [1.807, 2.05) is 26.0 Å². The van der Waals surface area contributed by atoms with Crippen LogP contribution in [-0.2, 0) is 5.54 Å². The lowest BCUT2D eigenvalue weighted by molar-refractivity contribution is 0.440. The summed E-state index contributed by atoms with van der Waals surface area (Å²) < 4.78 is 0. The minimum absolute atomic E-state index is 0. The Labute approximate surface area is 78.8 Å². The van der Waals surface area contributed by atoms with Gasteiger partial charge in [0.2, 0.25) is 0 Å². The molecule has 1 rings (SSSR count). The van der Waals surface area contributed by atoms with Gasteiger partial charge in [-0.05, 0) is 19.9 Å². The van der Waals surface area contributed by atoms with Gasteiger partial charge < -0.3 is 10.8 Å². The van der Waals surface area contributed by atoms with Crippen molar-refractivity contribution in [3.8, 4) is 5.75 Å². The van der Waals surface area contributed by atoms with Crippen molar-refractivity contribution in [3.63, 3.8) is 0 Å². The zero-order valence-corrected chi connectivity index (χ0v) is 8.06.